The number of nitrogens with two attached hydrogens (primary N) is 1. The Morgan fingerprint density at radius 2 is 1.82 bits per heavy atom. The Hall–Kier alpha value is -2.98. The van der Waals surface area contributed by atoms with Gasteiger partial charge in [0.2, 0.25) is 10.0 Å². The summed E-state index contributed by atoms with van der Waals surface area (Å²) in [6.45, 7) is 0.0421. The molecule has 0 bridgehead atoms. The number of hydrogen-bond acceptors (Lipinski definition) is 5. The lowest BCUT2D eigenvalue weighted by molar-refractivity contribution is -0.138. The van der Waals surface area contributed by atoms with Crippen LogP contribution in [-0.4, -0.2) is 42.9 Å². The fourth-order valence-electron chi connectivity index (χ4n) is 3.83. The first-order chi connectivity index (χ1) is 16.1. The number of sulfonamides is 1. The summed E-state index contributed by atoms with van der Waals surface area (Å²) in [5.41, 5.74) is 5.87. The third-order valence-corrected chi connectivity index (χ3v) is 7.75. The summed E-state index contributed by atoms with van der Waals surface area (Å²) in [5, 5.41) is 8.94. The maximum Gasteiger partial charge on any atom is 0.320 e. The second kappa shape index (κ2) is 9.34. The summed E-state index contributed by atoms with van der Waals surface area (Å²) in [6.07, 6.45) is 0.00107. The normalized spacial score (nSPS) is 16.4. The van der Waals surface area contributed by atoms with E-state index in [1.165, 1.54) is 34.6 Å². The molecule has 1 aliphatic rings. The molecule has 3 aromatic rings. The fraction of sp³-hybridized carbons (Fsp3) is 0.208. The van der Waals surface area contributed by atoms with Gasteiger partial charge in [0.05, 0.1) is 23.0 Å². The van der Waals surface area contributed by atoms with Crippen LogP contribution in [-0.2, 0) is 26.8 Å². The summed E-state index contributed by atoms with van der Waals surface area (Å²) in [4.78, 5) is 11.1. The number of ether oxygens (including phenoxy) is 1. The second-order valence-corrected chi connectivity index (χ2v) is 10.5. The Morgan fingerprint density at radius 3 is 2.47 bits per heavy atom. The predicted octanol–water partition coefficient (Wildman–Crippen LogP) is 3.41. The molecular formula is C24H22ClFN2O5S. The van der Waals surface area contributed by atoms with Gasteiger partial charge in [0.25, 0.3) is 0 Å². The van der Waals surface area contributed by atoms with E-state index in [1.807, 2.05) is 30.3 Å². The third kappa shape index (κ3) is 4.78. The molecule has 10 heteroatoms. The highest BCUT2D eigenvalue weighted by Crippen LogP contribution is 2.40. The van der Waals surface area contributed by atoms with Crippen LogP contribution in [0.2, 0.25) is 5.02 Å². The molecule has 34 heavy (non-hydrogen) atoms. The number of aliphatic carboxylic acids is 1. The van der Waals surface area contributed by atoms with E-state index in [0.29, 0.717) is 11.3 Å². The van der Waals surface area contributed by atoms with E-state index in [-0.39, 0.29) is 29.4 Å². The predicted molar refractivity (Wildman–Crippen MR) is 125 cm³/mol. The van der Waals surface area contributed by atoms with Gasteiger partial charge in [-0.05, 0) is 41.8 Å². The zero-order chi connectivity index (χ0) is 24.5. The number of carboxylic acids is 1. The number of hydrogen-bond donors (Lipinski definition) is 2. The van der Waals surface area contributed by atoms with Gasteiger partial charge in [-0.3, -0.25) is 4.79 Å². The van der Waals surface area contributed by atoms with Crippen molar-refractivity contribution < 1.29 is 27.4 Å². The van der Waals surface area contributed by atoms with Crippen LogP contribution in [0.4, 0.5) is 4.39 Å². The first-order valence-corrected chi connectivity index (χ1v) is 12.2. The van der Waals surface area contributed by atoms with E-state index in [4.69, 9.17) is 27.2 Å². The highest BCUT2D eigenvalue weighted by Gasteiger charge is 2.52. The van der Waals surface area contributed by atoms with E-state index < -0.39 is 33.5 Å². The summed E-state index contributed by atoms with van der Waals surface area (Å²) in [6, 6.07) is 18.1. The molecule has 7 nitrogen and oxygen atoms in total. The number of nitrogens with zero attached hydrogens (tertiary/aromatic N) is 1. The van der Waals surface area contributed by atoms with Gasteiger partial charge in [0.1, 0.15) is 17.6 Å². The van der Waals surface area contributed by atoms with Crippen molar-refractivity contribution >= 4 is 27.6 Å². The minimum atomic E-state index is -3.89. The second-order valence-electron chi connectivity index (χ2n) is 8.11. The number of carboxylic acid groups (broad SMARTS) is 1. The molecule has 3 aromatic carbocycles. The minimum Gasteiger partial charge on any atom is -0.480 e. The molecule has 0 aliphatic carbocycles. The van der Waals surface area contributed by atoms with Crippen LogP contribution in [0.3, 0.4) is 0 Å². The number of carbonyl (C=O) groups is 1. The van der Waals surface area contributed by atoms with Crippen molar-refractivity contribution in [2.45, 2.75) is 23.0 Å². The van der Waals surface area contributed by atoms with Gasteiger partial charge in [-0.25, -0.2) is 12.8 Å². The lowest BCUT2D eigenvalue weighted by Gasteiger charge is -2.48. The van der Waals surface area contributed by atoms with Gasteiger partial charge < -0.3 is 15.6 Å². The van der Waals surface area contributed by atoms with Gasteiger partial charge in [-0.1, -0.05) is 54.1 Å². The van der Waals surface area contributed by atoms with E-state index >= 15 is 0 Å². The molecule has 1 atom stereocenters. The van der Waals surface area contributed by atoms with Crippen molar-refractivity contribution in [3.05, 3.63) is 94.8 Å². The fourth-order valence-corrected chi connectivity index (χ4v) is 5.61. The molecule has 1 heterocycles. The lowest BCUT2D eigenvalue weighted by atomic mass is 9.87. The molecule has 0 aromatic heterocycles. The zero-order valence-electron chi connectivity index (χ0n) is 17.9. The van der Waals surface area contributed by atoms with Crippen LogP contribution >= 0.6 is 11.6 Å². The number of benzene rings is 3. The van der Waals surface area contributed by atoms with E-state index in [2.05, 4.69) is 0 Å². The van der Waals surface area contributed by atoms with Crippen LogP contribution in [0.5, 0.6) is 5.75 Å². The molecule has 0 amide bonds. The Labute approximate surface area is 201 Å². The van der Waals surface area contributed by atoms with Crippen LogP contribution in [0.1, 0.15) is 11.1 Å². The highest BCUT2D eigenvalue weighted by molar-refractivity contribution is 7.89. The third-order valence-electron chi connectivity index (χ3n) is 5.68. The summed E-state index contributed by atoms with van der Waals surface area (Å²) in [5.74, 6) is -1.43. The topological polar surface area (TPSA) is 110 Å². The summed E-state index contributed by atoms with van der Waals surface area (Å²) >= 11 is 5.89. The van der Waals surface area contributed by atoms with Crippen LogP contribution in [0.25, 0.3) is 0 Å². The smallest absolute Gasteiger partial charge is 0.320 e. The highest BCUT2D eigenvalue weighted by atomic mass is 35.5. The lowest BCUT2D eigenvalue weighted by Crippen LogP contribution is -2.64. The number of halogens is 2. The van der Waals surface area contributed by atoms with Crippen molar-refractivity contribution in [1.82, 2.24) is 4.31 Å². The molecule has 0 radical (unpaired) electrons. The first kappa shape index (κ1) is 24.2. The van der Waals surface area contributed by atoms with E-state index in [9.17, 15) is 17.6 Å². The van der Waals surface area contributed by atoms with Gasteiger partial charge >= 0.3 is 5.97 Å². The van der Waals surface area contributed by atoms with E-state index in [0.717, 1.165) is 5.56 Å². The molecule has 1 unspecified atom stereocenters. The standard InChI is InChI=1S/C24H22ClFN2O5S/c25-20-13-18(9-10-21(20)26)33-24(17-6-2-1-3-7-17)14-28(15-24)34(31,32)19-8-4-5-16(11-19)12-22(27)23(29)30/h1-11,13,22H,12,14-15,27H2,(H,29,30). The van der Waals surface area contributed by atoms with E-state index in [1.54, 1.807) is 12.1 Å². The molecule has 0 spiro atoms. The molecule has 178 valence electrons. The Morgan fingerprint density at radius 1 is 1.12 bits per heavy atom. The van der Waals surface area contributed by atoms with Gasteiger partial charge in [-0.2, -0.15) is 4.31 Å². The van der Waals surface area contributed by atoms with Gasteiger partial charge in [-0.15, -0.1) is 0 Å². The SMILES string of the molecule is NC(Cc1cccc(S(=O)(=O)N2CC(Oc3ccc(F)c(Cl)c3)(c3ccccc3)C2)c1)C(=O)O. The van der Waals surface area contributed by atoms with Gasteiger partial charge in [0, 0.05) is 6.07 Å². The monoisotopic (exact) mass is 504 g/mol. The largest absolute Gasteiger partial charge is 0.480 e. The Bertz CT molecular complexity index is 1310. The molecule has 1 fully saturated rings. The summed E-state index contributed by atoms with van der Waals surface area (Å²) in [7, 11) is -3.89. The van der Waals surface area contributed by atoms with Crippen LogP contribution < -0.4 is 10.5 Å². The quantitative estimate of drug-likeness (QED) is 0.486. The maximum atomic E-state index is 13.6. The Kier molecular flexibility index (Phi) is 6.64. The number of rotatable bonds is 8. The molecule has 1 aliphatic heterocycles. The maximum absolute atomic E-state index is 13.6. The molecule has 0 saturated carbocycles. The first-order valence-electron chi connectivity index (χ1n) is 10.4. The average molecular weight is 505 g/mol. The average Bonchev–Trinajstić information content (AvgIpc) is 2.79. The molecule has 4 rings (SSSR count). The van der Waals surface area contributed by atoms with Crippen molar-refractivity contribution in [1.29, 1.82) is 0 Å². The summed E-state index contributed by atoms with van der Waals surface area (Å²) < 4.78 is 47.7. The van der Waals surface area contributed by atoms with Crippen molar-refractivity contribution in [2.75, 3.05) is 13.1 Å². The zero-order valence-corrected chi connectivity index (χ0v) is 19.5. The molecule has 3 N–H and O–H groups in total. The van der Waals surface area contributed by atoms with Crippen molar-refractivity contribution in [3.8, 4) is 5.75 Å². The van der Waals surface area contributed by atoms with Crippen molar-refractivity contribution in [2.24, 2.45) is 5.73 Å². The van der Waals surface area contributed by atoms with Crippen molar-refractivity contribution in [3.63, 3.8) is 0 Å². The molecular weight excluding hydrogens is 483 g/mol. The Balaban J connectivity index is 1.60. The van der Waals surface area contributed by atoms with Gasteiger partial charge in [0.15, 0.2) is 5.60 Å². The minimum absolute atomic E-state index is 0.00107. The van der Waals surface area contributed by atoms with Crippen LogP contribution in [0.15, 0.2) is 77.7 Å². The molecule has 1 saturated heterocycles. The van der Waals surface area contributed by atoms with Crippen LogP contribution in [0, 0.1) is 5.82 Å².